The Kier molecular flexibility index (Phi) is 9.13. The fourth-order valence-corrected chi connectivity index (χ4v) is 4.99. The molecular formula is C27H30FN5O3S. The van der Waals surface area contributed by atoms with Crippen molar-refractivity contribution in [1.29, 1.82) is 0 Å². The molecule has 2 amide bonds. The van der Waals surface area contributed by atoms with Crippen LogP contribution < -0.4 is 10.7 Å². The van der Waals surface area contributed by atoms with Gasteiger partial charge in [0.25, 0.3) is 11.8 Å². The van der Waals surface area contributed by atoms with Gasteiger partial charge in [-0.25, -0.2) is 9.82 Å². The summed E-state index contributed by atoms with van der Waals surface area (Å²) in [7, 11) is 0. The van der Waals surface area contributed by atoms with Crippen LogP contribution in [-0.2, 0) is 6.54 Å². The van der Waals surface area contributed by atoms with Crippen molar-refractivity contribution in [3.05, 3.63) is 86.9 Å². The van der Waals surface area contributed by atoms with Gasteiger partial charge in [0, 0.05) is 44.8 Å². The van der Waals surface area contributed by atoms with Gasteiger partial charge >= 0.3 is 0 Å². The first-order valence-electron chi connectivity index (χ1n) is 12.1. The van der Waals surface area contributed by atoms with Gasteiger partial charge in [-0.1, -0.05) is 24.3 Å². The monoisotopic (exact) mass is 523 g/mol. The number of amides is 2. The van der Waals surface area contributed by atoms with E-state index in [9.17, 15) is 14.0 Å². The molecule has 10 heteroatoms. The van der Waals surface area contributed by atoms with E-state index in [1.54, 1.807) is 23.6 Å². The number of aliphatic hydroxyl groups is 1. The number of hydrogen-bond donors (Lipinski definition) is 3. The van der Waals surface area contributed by atoms with E-state index in [-0.39, 0.29) is 18.3 Å². The van der Waals surface area contributed by atoms with Crippen LogP contribution >= 0.6 is 11.3 Å². The molecule has 8 nitrogen and oxygen atoms in total. The van der Waals surface area contributed by atoms with Gasteiger partial charge in [0.2, 0.25) is 0 Å². The molecule has 3 aromatic rings. The average molecular weight is 524 g/mol. The highest BCUT2D eigenvalue weighted by molar-refractivity contribution is 7.13. The van der Waals surface area contributed by atoms with Crippen LogP contribution in [0.3, 0.4) is 0 Å². The third kappa shape index (κ3) is 7.30. The summed E-state index contributed by atoms with van der Waals surface area (Å²) in [6, 6.07) is 13.2. The lowest BCUT2D eigenvalue weighted by Gasteiger charge is -2.34. The molecule has 0 saturated carbocycles. The van der Waals surface area contributed by atoms with Crippen LogP contribution in [0.1, 0.15) is 36.7 Å². The summed E-state index contributed by atoms with van der Waals surface area (Å²) in [5.74, 6) is -1.08. The number of aliphatic hydroxyl groups excluding tert-OH is 1. The van der Waals surface area contributed by atoms with Crippen molar-refractivity contribution >= 4 is 35.1 Å². The number of thiophene rings is 1. The minimum atomic E-state index is -0.444. The number of anilines is 1. The number of β-amino-alcohol motifs (C(OH)–C–C–N with tert-alkyl or cyclic N) is 1. The van der Waals surface area contributed by atoms with E-state index >= 15 is 0 Å². The second-order valence-corrected chi connectivity index (χ2v) is 9.75. The quantitative estimate of drug-likeness (QED) is 0.295. The molecule has 2 aromatic carbocycles. The van der Waals surface area contributed by atoms with E-state index in [2.05, 4.69) is 25.6 Å². The number of hydrogen-bond acceptors (Lipinski definition) is 7. The molecule has 0 aliphatic carbocycles. The van der Waals surface area contributed by atoms with Crippen molar-refractivity contribution in [3.8, 4) is 0 Å². The van der Waals surface area contributed by atoms with E-state index in [0.717, 1.165) is 43.9 Å². The smallest absolute Gasteiger partial charge is 0.283 e. The van der Waals surface area contributed by atoms with E-state index in [4.69, 9.17) is 5.11 Å². The number of nitrogens with zero attached hydrogens (tertiary/aromatic N) is 3. The van der Waals surface area contributed by atoms with Gasteiger partial charge in [-0.05, 0) is 53.3 Å². The first-order chi connectivity index (χ1) is 17.9. The van der Waals surface area contributed by atoms with E-state index in [0.29, 0.717) is 28.2 Å². The topological polar surface area (TPSA) is 97.3 Å². The first-order valence-corrected chi connectivity index (χ1v) is 12.9. The Morgan fingerprint density at radius 1 is 1.08 bits per heavy atom. The molecule has 37 heavy (non-hydrogen) atoms. The Labute approximate surface area is 219 Å². The summed E-state index contributed by atoms with van der Waals surface area (Å²) in [4.78, 5) is 30.7. The predicted molar refractivity (Wildman–Crippen MR) is 144 cm³/mol. The van der Waals surface area contributed by atoms with Crippen LogP contribution in [0.5, 0.6) is 0 Å². The Morgan fingerprint density at radius 2 is 1.81 bits per heavy atom. The number of aryl methyl sites for hydroxylation is 1. The molecule has 0 unspecified atom stereocenters. The van der Waals surface area contributed by atoms with Crippen molar-refractivity contribution in [2.75, 3.05) is 44.6 Å². The fourth-order valence-electron chi connectivity index (χ4n) is 4.10. The number of hydrazone groups is 1. The van der Waals surface area contributed by atoms with Gasteiger partial charge in [0.05, 0.1) is 18.5 Å². The van der Waals surface area contributed by atoms with Crippen LogP contribution in [0.15, 0.2) is 59.0 Å². The van der Waals surface area contributed by atoms with Gasteiger partial charge in [0.1, 0.15) is 10.7 Å². The molecule has 0 spiro atoms. The zero-order chi connectivity index (χ0) is 26.2. The minimum Gasteiger partial charge on any atom is -0.395 e. The maximum atomic E-state index is 13.1. The van der Waals surface area contributed by atoms with Crippen LogP contribution in [0.4, 0.5) is 10.1 Å². The number of carbonyl (C=O) groups is 2. The number of nitrogens with one attached hydrogen (secondary N) is 2. The van der Waals surface area contributed by atoms with E-state index in [1.165, 1.54) is 29.7 Å². The minimum absolute atomic E-state index is 0.174. The zero-order valence-corrected chi connectivity index (χ0v) is 21.4. The number of piperazine rings is 1. The standard InChI is InChI=1S/C27H30FN5O3S/c1-19-18-37-25(27(36)31-29-16-20-5-7-23(28)8-6-20)24(19)30-26(35)22-4-2-3-21(15-22)17-33-11-9-32(10-12-33)13-14-34/h2-8,15-16,18,34H,9-14,17H2,1H3,(H,30,35)(H,31,36). The van der Waals surface area contributed by atoms with Crippen molar-refractivity contribution in [1.82, 2.24) is 15.2 Å². The first kappa shape index (κ1) is 26.6. The van der Waals surface area contributed by atoms with Crippen LogP contribution in [0.25, 0.3) is 0 Å². The van der Waals surface area contributed by atoms with E-state index in [1.807, 2.05) is 25.1 Å². The third-order valence-corrected chi connectivity index (χ3v) is 7.24. The molecule has 1 saturated heterocycles. The molecular weight excluding hydrogens is 493 g/mol. The van der Waals surface area contributed by atoms with Gasteiger partial charge in [-0.2, -0.15) is 5.10 Å². The Hall–Kier alpha value is -3.44. The van der Waals surface area contributed by atoms with E-state index < -0.39 is 5.91 Å². The molecule has 4 rings (SSSR count). The van der Waals surface area contributed by atoms with Gasteiger partial charge < -0.3 is 10.4 Å². The highest BCUT2D eigenvalue weighted by atomic mass is 32.1. The summed E-state index contributed by atoms with van der Waals surface area (Å²) in [5.41, 5.74) is 5.90. The summed E-state index contributed by atoms with van der Waals surface area (Å²) >= 11 is 1.22. The predicted octanol–water partition coefficient (Wildman–Crippen LogP) is 3.32. The molecule has 1 aliphatic rings. The average Bonchev–Trinajstić information content (AvgIpc) is 3.26. The number of halogens is 1. The molecule has 1 aromatic heterocycles. The molecule has 0 atom stereocenters. The highest BCUT2D eigenvalue weighted by Gasteiger charge is 2.20. The summed E-state index contributed by atoms with van der Waals surface area (Å²) < 4.78 is 13.0. The second-order valence-electron chi connectivity index (χ2n) is 8.87. The second kappa shape index (κ2) is 12.7. The van der Waals surface area contributed by atoms with Crippen LogP contribution in [0.2, 0.25) is 0 Å². The number of rotatable bonds is 9. The third-order valence-electron chi connectivity index (χ3n) is 6.15. The van der Waals surface area contributed by atoms with Gasteiger partial charge in [-0.3, -0.25) is 19.4 Å². The summed E-state index contributed by atoms with van der Waals surface area (Å²) in [6.07, 6.45) is 1.42. The molecule has 0 bridgehead atoms. The maximum absolute atomic E-state index is 13.1. The Morgan fingerprint density at radius 3 is 2.54 bits per heavy atom. The normalized spacial score (nSPS) is 14.7. The molecule has 2 heterocycles. The summed E-state index contributed by atoms with van der Waals surface area (Å²) in [6.45, 7) is 7.09. The number of benzene rings is 2. The molecule has 1 fully saturated rings. The van der Waals surface area contributed by atoms with Gasteiger partial charge in [0.15, 0.2) is 0 Å². The molecule has 0 radical (unpaired) electrons. The van der Waals surface area contributed by atoms with Crippen molar-refractivity contribution in [2.24, 2.45) is 5.10 Å². The Balaban J connectivity index is 1.37. The molecule has 1 aliphatic heterocycles. The molecule has 194 valence electrons. The van der Waals surface area contributed by atoms with Crippen molar-refractivity contribution < 1.29 is 19.1 Å². The lowest BCUT2D eigenvalue weighted by molar-refractivity contribution is 0.0960. The SMILES string of the molecule is Cc1csc(C(=O)NN=Cc2ccc(F)cc2)c1NC(=O)c1cccc(CN2CCN(CCO)CC2)c1. The van der Waals surface area contributed by atoms with Crippen molar-refractivity contribution in [2.45, 2.75) is 13.5 Å². The lowest BCUT2D eigenvalue weighted by atomic mass is 10.1. The van der Waals surface area contributed by atoms with Crippen LogP contribution in [-0.4, -0.2) is 72.3 Å². The highest BCUT2D eigenvalue weighted by Crippen LogP contribution is 2.28. The Bertz CT molecular complexity index is 1250. The summed E-state index contributed by atoms with van der Waals surface area (Å²) in [5, 5.41) is 17.8. The maximum Gasteiger partial charge on any atom is 0.283 e. The lowest BCUT2D eigenvalue weighted by Crippen LogP contribution is -2.46. The van der Waals surface area contributed by atoms with Crippen LogP contribution in [0, 0.1) is 12.7 Å². The molecule has 3 N–H and O–H groups in total. The van der Waals surface area contributed by atoms with Gasteiger partial charge in [-0.15, -0.1) is 11.3 Å². The number of carbonyl (C=O) groups excluding carboxylic acids is 2. The van der Waals surface area contributed by atoms with Crippen molar-refractivity contribution in [3.63, 3.8) is 0 Å². The fraction of sp³-hybridized carbons (Fsp3) is 0.296. The largest absolute Gasteiger partial charge is 0.395 e. The zero-order valence-electron chi connectivity index (χ0n) is 20.6.